The minimum absolute atomic E-state index is 0.489. The molecular formula is C13H20N2O2. The zero-order valence-corrected chi connectivity index (χ0v) is 11.0. The molecule has 0 unspecified atom stereocenters. The van der Waals surface area contributed by atoms with Gasteiger partial charge in [0.1, 0.15) is 5.60 Å². The number of hydrogen-bond donors (Lipinski definition) is 2. The van der Waals surface area contributed by atoms with Gasteiger partial charge in [0.25, 0.3) is 0 Å². The zero-order chi connectivity index (χ0) is 13.1. The Hall–Kier alpha value is -1.71. The van der Waals surface area contributed by atoms with Crippen molar-refractivity contribution in [2.24, 2.45) is 0 Å². The Labute approximate surface area is 102 Å². The van der Waals surface area contributed by atoms with Gasteiger partial charge in [-0.25, -0.2) is 10.2 Å². The van der Waals surface area contributed by atoms with Crippen LogP contribution in [0.4, 0.5) is 10.5 Å². The lowest BCUT2D eigenvalue weighted by Gasteiger charge is -2.20. The lowest BCUT2D eigenvalue weighted by Crippen LogP contribution is -2.35. The lowest BCUT2D eigenvalue weighted by atomic mass is 10.1. The average molecular weight is 236 g/mol. The number of benzene rings is 1. The van der Waals surface area contributed by atoms with Crippen molar-refractivity contribution < 1.29 is 9.53 Å². The molecule has 4 heteroatoms. The maximum atomic E-state index is 11.4. The quantitative estimate of drug-likeness (QED) is 0.775. The monoisotopic (exact) mass is 236 g/mol. The standard InChI is InChI=1S/C13H20N2O2/c1-9-6-10(2)8-11(7-9)14-15-12(16)17-13(3,4)5/h6-8,14H,1-5H3,(H,15,16). The van der Waals surface area contributed by atoms with Crippen LogP contribution in [0.1, 0.15) is 31.9 Å². The van der Waals surface area contributed by atoms with Gasteiger partial charge in [0, 0.05) is 0 Å². The second-order valence-corrected chi connectivity index (χ2v) is 5.13. The second kappa shape index (κ2) is 5.08. The molecule has 17 heavy (non-hydrogen) atoms. The van der Waals surface area contributed by atoms with Crippen molar-refractivity contribution >= 4 is 11.8 Å². The van der Waals surface area contributed by atoms with E-state index in [1.807, 2.05) is 46.8 Å². The first-order valence-corrected chi connectivity index (χ1v) is 5.59. The predicted molar refractivity (Wildman–Crippen MR) is 68.9 cm³/mol. The van der Waals surface area contributed by atoms with Gasteiger partial charge in [0.15, 0.2) is 0 Å². The number of anilines is 1. The summed E-state index contributed by atoms with van der Waals surface area (Å²) in [6.45, 7) is 9.48. The Morgan fingerprint density at radius 1 is 1.12 bits per heavy atom. The van der Waals surface area contributed by atoms with Crippen LogP contribution in [0.5, 0.6) is 0 Å². The first-order valence-electron chi connectivity index (χ1n) is 5.59. The average Bonchev–Trinajstić information content (AvgIpc) is 2.10. The number of nitrogens with one attached hydrogen (secondary N) is 2. The fourth-order valence-corrected chi connectivity index (χ4v) is 1.47. The van der Waals surface area contributed by atoms with Crippen molar-refractivity contribution in [2.75, 3.05) is 5.43 Å². The van der Waals surface area contributed by atoms with Gasteiger partial charge in [-0.1, -0.05) is 6.07 Å². The Morgan fingerprint density at radius 2 is 1.65 bits per heavy atom. The molecule has 0 saturated carbocycles. The van der Waals surface area contributed by atoms with E-state index in [9.17, 15) is 4.79 Å². The molecule has 1 amide bonds. The van der Waals surface area contributed by atoms with E-state index in [-0.39, 0.29) is 0 Å². The largest absolute Gasteiger partial charge is 0.443 e. The maximum absolute atomic E-state index is 11.4. The molecule has 0 atom stereocenters. The van der Waals surface area contributed by atoms with E-state index in [0.717, 1.165) is 16.8 Å². The summed E-state index contributed by atoms with van der Waals surface area (Å²) >= 11 is 0. The van der Waals surface area contributed by atoms with Crippen LogP contribution in [0.15, 0.2) is 18.2 Å². The molecule has 0 heterocycles. The summed E-state index contributed by atoms with van der Waals surface area (Å²) in [6.07, 6.45) is -0.489. The highest BCUT2D eigenvalue weighted by molar-refractivity contribution is 5.70. The van der Waals surface area contributed by atoms with Gasteiger partial charge in [0.2, 0.25) is 0 Å². The molecule has 0 saturated heterocycles. The molecule has 0 aromatic heterocycles. The highest BCUT2D eigenvalue weighted by Crippen LogP contribution is 2.13. The molecule has 0 radical (unpaired) electrons. The van der Waals surface area contributed by atoms with Crippen LogP contribution < -0.4 is 10.9 Å². The van der Waals surface area contributed by atoms with E-state index in [0.29, 0.717) is 0 Å². The zero-order valence-electron chi connectivity index (χ0n) is 11.0. The van der Waals surface area contributed by atoms with Gasteiger partial charge >= 0.3 is 6.09 Å². The summed E-state index contributed by atoms with van der Waals surface area (Å²) in [5, 5.41) is 0. The maximum Gasteiger partial charge on any atom is 0.426 e. The fourth-order valence-electron chi connectivity index (χ4n) is 1.47. The molecular weight excluding hydrogens is 216 g/mol. The minimum Gasteiger partial charge on any atom is -0.443 e. The number of amides is 1. The molecule has 1 rings (SSSR count). The number of rotatable bonds is 2. The minimum atomic E-state index is -0.492. The van der Waals surface area contributed by atoms with Crippen LogP contribution in [0.3, 0.4) is 0 Å². The van der Waals surface area contributed by atoms with E-state index in [1.165, 1.54) is 0 Å². The molecule has 1 aromatic carbocycles. The van der Waals surface area contributed by atoms with Crippen LogP contribution in [-0.4, -0.2) is 11.7 Å². The van der Waals surface area contributed by atoms with Crippen molar-refractivity contribution in [2.45, 2.75) is 40.2 Å². The molecule has 2 N–H and O–H groups in total. The smallest absolute Gasteiger partial charge is 0.426 e. The van der Waals surface area contributed by atoms with Gasteiger partial charge in [0.05, 0.1) is 5.69 Å². The molecule has 0 fully saturated rings. The Balaban J connectivity index is 2.53. The number of ether oxygens (including phenoxy) is 1. The van der Waals surface area contributed by atoms with Gasteiger partial charge in [-0.15, -0.1) is 0 Å². The molecule has 4 nitrogen and oxygen atoms in total. The molecule has 1 aromatic rings. The van der Waals surface area contributed by atoms with Crippen molar-refractivity contribution in [1.29, 1.82) is 0 Å². The van der Waals surface area contributed by atoms with Crippen LogP contribution >= 0.6 is 0 Å². The lowest BCUT2D eigenvalue weighted by molar-refractivity contribution is 0.0541. The van der Waals surface area contributed by atoms with Crippen molar-refractivity contribution in [1.82, 2.24) is 5.43 Å². The van der Waals surface area contributed by atoms with E-state index >= 15 is 0 Å². The third kappa shape index (κ3) is 5.24. The normalized spacial score (nSPS) is 10.9. The highest BCUT2D eigenvalue weighted by atomic mass is 16.6. The van der Waals surface area contributed by atoms with Gasteiger partial charge in [-0.3, -0.25) is 5.43 Å². The SMILES string of the molecule is Cc1cc(C)cc(NNC(=O)OC(C)(C)C)c1. The first-order chi connectivity index (χ1) is 7.76. The van der Waals surface area contributed by atoms with Crippen LogP contribution in [0.2, 0.25) is 0 Å². The fraction of sp³-hybridized carbons (Fsp3) is 0.462. The summed E-state index contributed by atoms with van der Waals surface area (Å²) < 4.78 is 5.11. The topological polar surface area (TPSA) is 50.4 Å². The summed E-state index contributed by atoms with van der Waals surface area (Å²) in [5.41, 5.74) is 7.95. The molecule has 0 spiro atoms. The van der Waals surface area contributed by atoms with E-state index in [1.54, 1.807) is 0 Å². The van der Waals surface area contributed by atoms with Gasteiger partial charge in [-0.2, -0.15) is 0 Å². The molecule has 0 bridgehead atoms. The van der Waals surface area contributed by atoms with E-state index in [2.05, 4.69) is 16.9 Å². The summed E-state index contributed by atoms with van der Waals surface area (Å²) in [7, 11) is 0. The molecule has 94 valence electrons. The van der Waals surface area contributed by atoms with E-state index in [4.69, 9.17) is 4.74 Å². The summed E-state index contributed by atoms with van der Waals surface area (Å²) in [5.74, 6) is 0. The first kappa shape index (κ1) is 13.4. The Bertz CT molecular complexity index is 388. The molecule has 0 aliphatic heterocycles. The third-order valence-electron chi connectivity index (χ3n) is 1.93. The van der Waals surface area contributed by atoms with Crippen molar-refractivity contribution in [3.8, 4) is 0 Å². The van der Waals surface area contributed by atoms with Crippen LogP contribution in [0, 0.1) is 13.8 Å². The van der Waals surface area contributed by atoms with Crippen molar-refractivity contribution in [3.63, 3.8) is 0 Å². The number of carbonyl (C=O) groups is 1. The van der Waals surface area contributed by atoms with Crippen LogP contribution in [-0.2, 0) is 4.74 Å². The Morgan fingerprint density at radius 3 is 2.12 bits per heavy atom. The number of aryl methyl sites for hydroxylation is 2. The summed E-state index contributed by atoms with van der Waals surface area (Å²) in [4.78, 5) is 11.4. The Kier molecular flexibility index (Phi) is 3.99. The van der Waals surface area contributed by atoms with E-state index < -0.39 is 11.7 Å². The summed E-state index contributed by atoms with van der Waals surface area (Å²) in [6, 6.07) is 5.97. The van der Waals surface area contributed by atoms with Crippen LogP contribution in [0.25, 0.3) is 0 Å². The number of hydrogen-bond acceptors (Lipinski definition) is 3. The molecule has 0 aliphatic rings. The van der Waals surface area contributed by atoms with Gasteiger partial charge in [-0.05, 0) is 57.9 Å². The van der Waals surface area contributed by atoms with Crippen molar-refractivity contribution in [3.05, 3.63) is 29.3 Å². The predicted octanol–water partition coefficient (Wildman–Crippen LogP) is 3.16. The highest BCUT2D eigenvalue weighted by Gasteiger charge is 2.15. The van der Waals surface area contributed by atoms with Gasteiger partial charge < -0.3 is 4.74 Å². The molecule has 0 aliphatic carbocycles. The third-order valence-corrected chi connectivity index (χ3v) is 1.93. The second-order valence-electron chi connectivity index (χ2n) is 5.13. The number of hydrazine groups is 1. The number of carbonyl (C=O) groups excluding carboxylic acids is 1.